The summed E-state index contributed by atoms with van der Waals surface area (Å²) in [6, 6.07) is 2.14. The normalized spacial score (nSPS) is 20.1. The van der Waals surface area contributed by atoms with Crippen LogP contribution < -0.4 is 4.78 Å². The molecule has 5 heteroatoms. The minimum atomic E-state index is -0.319. The molecule has 0 radical (unpaired) electrons. The third-order valence-corrected chi connectivity index (χ3v) is 6.28. The van der Waals surface area contributed by atoms with Crippen molar-refractivity contribution >= 4 is 44.0 Å². The van der Waals surface area contributed by atoms with E-state index in [2.05, 4.69) is 51.0 Å². The standard InChI is InChI=1S/C15H17BO2S2/c1-6-7-10-12-11(8-9-19-12)20-13(10)16-17-14(2,3)15(4,5)18-16/h8-9H,1-5H3. The number of thiophene rings is 2. The van der Waals surface area contributed by atoms with Gasteiger partial charge in [0.2, 0.25) is 0 Å². The molecule has 0 saturated carbocycles. The zero-order valence-electron chi connectivity index (χ0n) is 12.4. The fourth-order valence-electron chi connectivity index (χ4n) is 2.20. The molecule has 20 heavy (non-hydrogen) atoms. The third kappa shape index (κ3) is 2.03. The summed E-state index contributed by atoms with van der Waals surface area (Å²) in [4.78, 5) is 0. The summed E-state index contributed by atoms with van der Waals surface area (Å²) in [6.45, 7) is 10.2. The molecule has 0 N–H and O–H groups in total. The first kappa shape index (κ1) is 14.2. The highest BCUT2D eigenvalue weighted by atomic mass is 32.1. The molecule has 1 fully saturated rings. The summed E-state index contributed by atoms with van der Waals surface area (Å²) in [5, 5.41) is 2.11. The molecule has 2 nitrogen and oxygen atoms in total. The van der Waals surface area contributed by atoms with Gasteiger partial charge >= 0.3 is 7.12 Å². The van der Waals surface area contributed by atoms with Gasteiger partial charge < -0.3 is 9.31 Å². The van der Waals surface area contributed by atoms with E-state index in [9.17, 15) is 0 Å². The smallest absolute Gasteiger partial charge is 0.399 e. The van der Waals surface area contributed by atoms with Crippen LogP contribution in [0, 0.1) is 11.8 Å². The van der Waals surface area contributed by atoms with Crippen LogP contribution in [0.15, 0.2) is 11.4 Å². The van der Waals surface area contributed by atoms with Gasteiger partial charge in [-0.3, -0.25) is 0 Å². The molecule has 1 saturated heterocycles. The molecule has 0 atom stereocenters. The predicted molar refractivity (Wildman–Crippen MR) is 88.0 cm³/mol. The van der Waals surface area contributed by atoms with Crippen molar-refractivity contribution in [1.82, 2.24) is 0 Å². The van der Waals surface area contributed by atoms with Crippen molar-refractivity contribution in [2.24, 2.45) is 0 Å². The Morgan fingerprint density at radius 1 is 1.15 bits per heavy atom. The third-order valence-electron chi connectivity index (χ3n) is 4.04. The van der Waals surface area contributed by atoms with Crippen molar-refractivity contribution in [2.75, 3.05) is 0 Å². The first-order valence-corrected chi connectivity index (χ1v) is 8.33. The van der Waals surface area contributed by atoms with E-state index < -0.39 is 0 Å². The van der Waals surface area contributed by atoms with Gasteiger partial charge in [-0.25, -0.2) is 0 Å². The molecule has 3 rings (SSSR count). The van der Waals surface area contributed by atoms with Crippen molar-refractivity contribution in [2.45, 2.75) is 45.8 Å². The molecule has 2 aromatic rings. The quantitative estimate of drug-likeness (QED) is 0.591. The summed E-state index contributed by atoms with van der Waals surface area (Å²) >= 11 is 3.46. The molecule has 0 aliphatic carbocycles. The van der Waals surface area contributed by atoms with E-state index in [1.165, 1.54) is 9.40 Å². The largest absolute Gasteiger partial charge is 0.506 e. The Balaban J connectivity index is 2.09. The van der Waals surface area contributed by atoms with Crippen molar-refractivity contribution in [1.29, 1.82) is 0 Å². The van der Waals surface area contributed by atoms with Crippen LogP contribution in [0.3, 0.4) is 0 Å². The zero-order chi connectivity index (χ0) is 14.5. The predicted octanol–water partition coefficient (Wildman–Crippen LogP) is 3.63. The second kappa shape index (κ2) is 4.61. The van der Waals surface area contributed by atoms with E-state index in [1.54, 1.807) is 22.7 Å². The van der Waals surface area contributed by atoms with Crippen molar-refractivity contribution in [3.63, 3.8) is 0 Å². The highest BCUT2D eigenvalue weighted by Gasteiger charge is 2.53. The molecular weight excluding hydrogens is 287 g/mol. The van der Waals surface area contributed by atoms with Gasteiger partial charge in [-0.1, -0.05) is 5.92 Å². The van der Waals surface area contributed by atoms with Gasteiger partial charge in [-0.2, -0.15) is 0 Å². The lowest BCUT2D eigenvalue weighted by molar-refractivity contribution is 0.00578. The fourth-order valence-corrected chi connectivity index (χ4v) is 4.44. The van der Waals surface area contributed by atoms with E-state index in [-0.39, 0.29) is 18.3 Å². The SMILES string of the molecule is CC#Cc1c(B2OC(C)(C)C(C)(C)O2)sc2ccsc12. The average Bonchev–Trinajstić information content (AvgIpc) is 2.94. The van der Waals surface area contributed by atoms with Gasteiger partial charge in [0.25, 0.3) is 0 Å². The van der Waals surface area contributed by atoms with Crippen molar-refractivity contribution in [3.05, 3.63) is 17.0 Å². The Hall–Kier alpha value is -0.795. The molecule has 3 heterocycles. The maximum absolute atomic E-state index is 6.16. The zero-order valence-corrected chi connectivity index (χ0v) is 14.0. The van der Waals surface area contributed by atoms with E-state index in [1.807, 2.05) is 6.92 Å². The summed E-state index contributed by atoms with van der Waals surface area (Å²) in [6.07, 6.45) is 0. The second-order valence-electron chi connectivity index (χ2n) is 5.92. The molecular formula is C15H17BO2S2. The topological polar surface area (TPSA) is 18.5 Å². The Morgan fingerprint density at radius 3 is 2.40 bits per heavy atom. The first-order chi connectivity index (χ1) is 9.36. The molecule has 104 valence electrons. The Labute approximate surface area is 128 Å². The molecule has 2 aromatic heterocycles. The molecule has 0 aromatic carbocycles. The van der Waals surface area contributed by atoms with Gasteiger partial charge in [0.05, 0.1) is 26.2 Å². The maximum atomic E-state index is 6.16. The molecule has 1 aliphatic heterocycles. The minimum absolute atomic E-state index is 0.313. The number of fused-ring (bicyclic) bond motifs is 1. The molecule has 0 spiro atoms. The summed E-state index contributed by atoms with van der Waals surface area (Å²) in [7, 11) is -0.319. The van der Waals surface area contributed by atoms with E-state index in [4.69, 9.17) is 9.31 Å². The van der Waals surface area contributed by atoms with Crippen LogP contribution in [0.1, 0.15) is 40.2 Å². The minimum Gasteiger partial charge on any atom is -0.399 e. The van der Waals surface area contributed by atoms with Gasteiger partial charge in [-0.15, -0.1) is 28.6 Å². The van der Waals surface area contributed by atoms with E-state index in [0.29, 0.717) is 0 Å². The van der Waals surface area contributed by atoms with Gasteiger partial charge in [0.15, 0.2) is 0 Å². The Bertz CT molecular complexity index is 699. The fraction of sp³-hybridized carbons (Fsp3) is 0.467. The number of hydrogen-bond acceptors (Lipinski definition) is 4. The monoisotopic (exact) mass is 304 g/mol. The molecule has 0 unspecified atom stereocenters. The van der Waals surface area contributed by atoms with Crippen LogP contribution in [0.4, 0.5) is 0 Å². The van der Waals surface area contributed by atoms with Crippen LogP contribution in [0.25, 0.3) is 9.40 Å². The highest BCUT2D eigenvalue weighted by Crippen LogP contribution is 2.39. The summed E-state index contributed by atoms with van der Waals surface area (Å²) < 4.78 is 15.9. The highest BCUT2D eigenvalue weighted by molar-refractivity contribution is 7.33. The first-order valence-electron chi connectivity index (χ1n) is 6.64. The van der Waals surface area contributed by atoms with Crippen LogP contribution in [0.5, 0.6) is 0 Å². The summed E-state index contributed by atoms with van der Waals surface area (Å²) in [5.41, 5.74) is 0.443. The van der Waals surface area contributed by atoms with Crippen LogP contribution in [-0.2, 0) is 9.31 Å². The maximum Gasteiger partial charge on any atom is 0.506 e. The Morgan fingerprint density at radius 2 is 1.80 bits per heavy atom. The second-order valence-corrected chi connectivity index (χ2v) is 7.92. The van der Waals surface area contributed by atoms with Gasteiger partial charge in [0.1, 0.15) is 0 Å². The van der Waals surface area contributed by atoms with Crippen LogP contribution >= 0.6 is 22.7 Å². The Kier molecular flexibility index (Phi) is 3.26. The lowest BCUT2D eigenvalue weighted by Crippen LogP contribution is -2.41. The lowest BCUT2D eigenvalue weighted by atomic mass is 9.85. The van der Waals surface area contributed by atoms with Gasteiger partial charge in [0, 0.05) is 4.70 Å². The van der Waals surface area contributed by atoms with Crippen LogP contribution in [-0.4, -0.2) is 18.3 Å². The van der Waals surface area contributed by atoms with E-state index >= 15 is 0 Å². The number of rotatable bonds is 1. The lowest BCUT2D eigenvalue weighted by Gasteiger charge is -2.32. The molecule has 0 bridgehead atoms. The van der Waals surface area contributed by atoms with Crippen molar-refractivity contribution in [3.8, 4) is 11.8 Å². The number of hydrogen-bond donors (Lipinski definition) is 0. The average molecular weight is 304 g/mol. The molecule has 0 amide bonds. The summed E-state index contributed by atoms with van der Waals surface area (Å²) in [5.74, 6) is 6.24. The van der Waals surface area contributed by atoms with Crippen LogP contribution in [0.2, 0.25) is 0 Å². The van der Waals surface area contributed by atoms with Crippen molar-refractivity contribution < 1.29 is 9.31 Å². The van der Waals surface area contributed by atoms with Gasteiger partial charge in [-0.05, 0) is 46.1 Å². The van der Waals surface area contributed by atoms with E-state index in [0.717, 1.165) is 10.3 Å². The molecule has 1 aliphatic rings.